The molecule has 4 heteroatoms. The number of ether oxygens (including phenoxy) is 1. The van der Waals surface area contributed by atoms with Gasteiger partial charge in [0.2, 0.25) is 5.91 Å². The molecule has 4 nitrogen and oxygen atoms in total. The summed E-state index contributed by atoms with van der Waals surface area (Å²) in [4.78, 5) is 12.4. The highest BCUT2D eigenvalue weighted by Gasteiger charge is 2.48. The van der Waals surface area contributed by atoms with Crippen LogP contribution < -0.4 is 15.8 Å². The molecule has 0 unspecified atom stereocenters. The first-order valence-electron chi connectivity index (χ1n) is 7.00. The van der Waals surface area contributed by atoms with Crippen LogP contribution in [0.5, 0.6) is 5.75 Å². The van der Waals surface area contributed by atoms with Crippen molar-refractivity contribution in [1.29, 1.82) is 0 Å². The zero-order chi connectivity index (χ0) is 13.5. The Morgan fingerprint density at radius 3 is 2.84 bits per heavy atom. The van der Waals surface area contributed by atoms with Crippen molar-refractivity contribution in [3.05, 3.63) is 23.8 Å². The quantitative estimate of drug-likeness (QED) is 0.856. The van der Waals surface area contributed by atoms with Gasteiger partial charge in [-0.1, -0.05) is 0 Å². The van der Waals surface area contributed by atoms with Gasteiger partial charge in [0.15, 0.2) is 0 Å². The van der Waals surface area contributed by atoms with E-state index in [1.807, 2.05) is 25.1 Å². The number of amides is 1. The van der Waals surface area contributed by atoms with E-state index in [4.69, 9.17) is 10.5 Å². The lowest BCUT2D eigenvalue weighted by molar-refractivity contribution is -0.122. The van der Waals surface area contributed by atoms with Gasteiger partial charge < -0.3 is 15.8 Å². The second kappa shape index (κ2) is 4.53. The minimum Gasteiger partial charge on any atom is -0.494 e. The third-order valence-electron chi connectivity index (χ3n) is 4.38. The SMILES string of the molecule is CCOc1ccc2c(c1)C1(CCC(N)CC1)C(=O)N2. The lowest BCUT2D eigenvalue weighted by atomic mass is 9.69. The smallest absolute Gasteiger partial charge is 0.235 e. The number of hydrogen-bond acceptors (Lipinski definition) is 3. The summed E-state index contributed by atoms with van der Waals surface area (Å²) < 4.78 is 5.56. The van der Waals surface area contributed by atoms with Gasteiger partial charge in [0.25, 0.3) is 0 Å². The maximum absolute atomic E-state index is 12.4. The molecule has 3 rings (SSSR count). The highest BCUT2D eigenvalue weighted by molar-refractivity contribution is 6.06. The van der Waals surface area contributed by atoms with Crippen molar-refractivity contribution in [1.82, 2.24) is 0 Å². The van der Waals surface area contributed by atoms with Crippen LogP contribution in [-0.2, 0) is 10.2 Å². The Labute approximate surface area is 113 Å². The lowest BCUT2D eigenvalue weighted by Crippen LogP contribution is -2.41. The van der Waals surface area contributed by atoms with Crippen molar-refractivity contribution in [3.8, 4) is 5.75 Å². The second-order valence-electron chi connectivity index (χ2n) is 5.51. The van der Waals surface area contributed by atoms with E-state index in [0.29, 0.717) is 6.61 Å². The van der Waals surface area contributed by atoms with Gasteiger partial charge in [-0.25, -0.2) is 0 Å². The van der Waals surface area contributed by atoms with Gasteiger partial charge in [0.05, 0.1) is 12.0 Å². The zero-order valence-corrected chi connectivity index (χ0v) is 11.2. The number of hydrogen-bond donors (Lipinski definition) is 2. The molecule has 0 bridgehead atoms. The molecule has 2 aliphatic rings. The summed E-state index contributed by atoms with van der Waals surface area (Å²) >= 11 is 0. The fourth-order valence-electron chi connectivity index (χ4n) is 3.28. The summed E-state index contributed by atoms with van der Waals surface area (Å²) in [6.07, 6.45) is 3.49. The average molecular weight is 260 g/mol. The molecule has 1 spiro atoms. The van der Waals surface area contributed by atoms with E-state index >= 15 is 0 Å². The second-order valence-corrected chi connectivity index (χ2v) is 5.51. The van der Waals surface area contributed by atoms with E-state index in [9.17, 15) is 4.79 Å². The van der Waals surface area contributed by atoms with Crippen molar-refractivity contribution in [2.24, 2.45) is 5.73 Å². The monoisotopic (exact) mass is 260 g/mol. The Morgan fingerprint density at radius 1 is 1.42 bits per heavy atom. The Hall–Kier alpha value is -1.55. The Bertz CT molecular complexity index is 505. The molecule has 3 N–H and O–H groups in total. The first kappa shape index (κ1) is 12.5. The largest absolute Gasteiger partial charge is 0.494 e. The van der Waals surface area contributed by atoms with Crippen molar-refractivity contribution in [2.75, 3.05) is 11.9 Å². The maximum Gasteiger partial charge on any atom is 0.235 e. The Morgan fingerprint density at radius 2 is 2.16 bits per heavy atom. The van der Waals surface area contributed by atoms with Crippen LogP contribution in [-0.4, -0.2) is 18.6 Å². The molecule has 0 aromatic heterocycles. The lowest BCUT2D eigenvalue weighted by Gasteiger charge is -2.34. The summed E-state index contributed by atoms with van der Waals surface area (Å²) in [6.45, 7) is 2.60. The topological polar surface area (TPSA) is 64.3 Å². The maximum atomic E-state index is 12.4. The summed E-state index contributed by atoms with van der Waals surface area (Å²) in [5, 5.41) is 3.01. The molecule has 1 aliphatic heterocycles. The summed E-state index contributed by atoms with van der Waals surface area (Å²) in [5.41, 5.74) is 7.62. The fraction of sp³-hybridized carbons (Fsp3) is 0.533. The van der Waals surface area contributed by atoms with Crippen LogP contribution >= 0.6 is 0 Å². The van der Waals surface area contributed by atoms with E-state index in [0.717, 1.165) is 42.7 Å². The third-order valence-corrected chi connectivity index (χ3v) is 4.38. The zero-order valence-electron chi connectivity index (χ0n) is 11.2. The molecule has 19 heavy (non-hydrogen) atoms. The number of benzene rings is 1. The Kier molecular flexibility index (Phi) is 2.97. The highest BCUT2D eigenvalue weighted by Crippen LogP contribution is 2.48. The van der Waals surface area contributed by atoms with Gasteiger partial charge in [-0.05, 0) is 56.4 Å². The molecule has 0 atom stereocenters. The normalized spacial score (nSPS) is 29.2. The molecule has 1 aromatic rings. The van der Waals surface area contributed by atoms with Crippen molar-refractivity contribution >= 4 is 11.6 Å². The van der Waals surface area contributed by atoms with Crippen LogP contribution in [0.25, 0.3) is 0 Å². The minimum atomic E-state index is -0.377. The number of fused-ring (bicyclic) bond motifs is 2. The molecule has 0 radical (unpaired) electrons. The van der Waals surface area contributed by atoms with E-state index in [2.05, 4.69) is 5.32 Å². The van der Waals surface area contributed by atoms with Gasteiger partial charge in [-0.2, -0.15) is 0 Å². The van der Waals surface area contributed by atoms with Crippen molar-refractivity contribution < 1.29 is 9.53 Å². The predicted molar refractivity (Wildman–Crippen MR) is 74.4 cm³/mol. The standard InChI is InChI=1S/C15H20N2O2/c1-2-19-11-3-4-13-12(9-11)15(14(18)17-13)7-5-10(16)6-8-15/h3-4,9-10H,2,5-8,16H2,1H3,(H,17,18). The number of rotatable bonds is 2. The highest BCUT2D eigenvalue weighted by atomic mass is 16.5. The third kappa shape index (κ3) is 1.91. The van der Waals surface area contributed by atoms with E-state index in [1.165, 1.54) is 0 Å². The van der Waals surface area contributed by atoms with Gasteiger partial charge in [-0.15, -0.1) is 0 Å². The van der Waals surface area contributed by atoms with Crippen LogP contribution in [0.2, 0.25) is 0 Å². The molecule has 0 saturated heterocycles. The molecule has 1 aromatic carbocycles. The first-order chi connectivity index (χ1) is 9.15. The average Bonchev–Trinajstić information content (AvgIpc) is 2.67. The first-order valence-corrected chi connectivity index (χ1v) is 7.00. The number of carbonyl (C=O) groups excluding carboxylic acids is 1. The molecule has 1 aliphatic carbocycles. The molecule has 1 saturated carbocycles. The number of carbonyl (C=O) groups is 1. The number of anilines is 1. The molecule has 1 fully saturated rings. The van der Waals surface area contributed by atoms with Crippen LogP contribution in [0.4, 0.5) is 5.69 Å². The van der Waals surface area contributed by atoms with Gasteiger partial charge >= 0.3 is 0 Å². The number of nitrogens with two attached hydrogens (primary N) is 1. The van der Waals surface area contributed by atoms with Crippen LogP contribution in [0.3, 0.4) is 0 Å². The van der Waals surface area contributed by atoms with E-state index in [-0.39, 0.29) is 17.4 Å². The summed E-state index contributed by atoms with van der Waals surface area (Å²) in [5.74, 6) is 0.968. The van der Waals surface area contributed by atoms with Crippen LogP contribution in [0.15, 0.2) is 18.2 Å². The van der Waals surface area contributed by atoms with Gasteiger partial charge in [0.1, 0.15) is 5.75 Å². The van der Waals surface area contributed by atoms with Gasteiger partial charge in [-0.3, -0.25) is 4.79 Å². The van der Waals surface area contributed by atoms with Crippen molar-refractivity contribution in [2.45, 2.75) is 44.1 Å². The van der Waals surface area contributed by atoms with E-state index < -0.39 is 0 Å². The van der Waals surface area contributed by atoms with E-state index in [1.54, 1.807) is 0 Å². The summed E-state index contributed by atoms with van der Waals surface area (Å²) in [6, 6.07) is 6.11. The van der Waals surface area contributed by atoms with Crippen LogP contribution in [0.1, 0.15) is 38.2 Å². The summed E-state index contributed by atoms with van der Waals surface area (Å²) in [7, 11) is 0. The van der Waals surface area contributed by atoms with Crippen LogP contribution in [0, 0.1) is 0 Å². The minimum absolute atomic E-state index is 0.128. The fourth-order valence-corrected chi connectivity index (χ4v) is 3.28. The number of nitrogens with one attached hydrogen (secondary N) is 1. The molecular formula is C15H20N2O2. The van der Waals surface area contributed by atoms with Gasteiger partial charge in [0, 0.05) is 11.7 Å². The Balaban J connectivity index is 2.00. The van der Waals surface area contributed by atoms with Crippen molar-refractivity contribution in [3.63, 3.8) is 0 Å². The molecular weight excluding hydrogens is 240 g/mol. The predicted octanol–water partition coefficient (Wildman–Crippen LogP) is 2.18. The molecule has 1 amide bonds. The molecule has 1 heterocycles. The molecule has 102 valence electrons.